The van der Waals surface area contributed by atoms with Crippen LogP contribution in [0.5, 0.6) is 0 Å². The van der Waals surface area contributed by atoms with Gasteiger partial charge in [0.1, 0.15) is 0 Å². The molecule has 1 aliphatic heterocycles. The Balaban J connectivity index is 1.68. The van der Waals surface area contributed by atoms with Gasteiger partial charge >= 0.3 is 0 Å². The molecule has 1 aromatic rings. The fourth-order valence-corrected chi connectivity index (χ4v) is 3.61. The molecule has 0 radical (unpaired) electrons. The minimum absolute atomic E-state index is 0.580. The van der Waals surface area contributed by atoms with E-state index >= 15 is 0 Å². The first kappa shape index (κ1) is 14.1. The molecule has 1 heterocycles. The van der Waals surface area contributed by atoms with E-state index in [9.17, 15) is 0 Å². The number of aryl methyl sites for hydroxylation is 2. The third kappa shape index (κ3) is 3.24. The van der Waals surface area contributed by atoms with Crippen molar-refractivity contribution >= 4 is 0 Å². The van der Waals surface area contributed by atoms with Crippen LogP contribution in [0.25, 0.3) is 0 Å². The second kappa shape index (κ2) is 6.73. The highest BCUT2D eigenvalue weighted by molar-refractivity contribution is 5.35. The molecule has 0 saturated carbocycles. The Kier molecular flexibility index (Phi) is 4.74. The second-order valence-electron chi connectivity index (χ2n) is 6.35. The lowest BCUT2D eigenvalue weighted by molar-refractivity contribution is 0.176. The lowest BCUT2D eigenvalue weighted by Crippen LogP contribution is -2.38. The predicted octanol–water partition coefficient (Wildman–Crippen LogP) is 3.12. The van der Waals surface area contributed by atoms with Gasteiger partial charge in [0.2, 0.25) is 0 Å². The van der Waals surface area contributed by atoms with E-state index in [1.54, 1.807) is 11.1 Å². The molecule has 1 fully saturated rings. The van der Waals surface area contributed by atoms with Crippen molar-refractivity contribution < 1.29 is 4.74 Å². The van der Waals surface area contributed by atoms with Gasteiger partial charge in [-0.25, -0.2) is 0 Å². The van der Waals surface area contributed by atoms with Gasteiger partial charge in [-0.3, -0.25) is 0 Å². The molecule has 1 N–H and O–H groups in total. The van der Waals surface area contributed by atoms with Crippen molar-refractivity contribution in [1.29, 1.82) is 0 Å². The average Bonchev–Trinajstić information content (AvgIpc) is 3.13. The number of fused-ring (bicyclic) bond motifs is 1. The number of rotatable bonds is 6. The van der Waals surface area contributed by atoms with E-state index in [0.717, 1.165) is 26.2 Å². The highest BCUT2D eigenvalue weighted by Crippen LogP contribution is 2.25. The molecule has 2 nitrogen and oxygen atoms in total. The van der Waals surface area contributed by atoms with E-state index in [0.29, 0.717) is 12.0 Å². The van der Waals surface area contributed by atoms with Gasteiger partial charge in [-0.1, -0.05) is 25.1 Å². The van der Waals surface area contributed by atoms with Gasteiger partial charge in [0.15, 0.2) is 0 Å². The van der Waals surface area contributed by atoms with Gasteiger partial charge in [-0.2, -0.15) is 0 Å². The number of benzene rings is 1. The zero-order valence-electron chi connectivity index (χ0n) is 12.7. The van der Waals surface area contributed by atoms with Crippen LogP contribution in [0.3, 0.4) is 0 Å². The van der Waals surface area contributed by atoms with Crippen molar-refractivity contribution in [3.8, 4) is 0 Å². The number of hydrogen-bond acceptors (Lipinski definition) is 2. The third-order valence-corrected chi connectivity index (χ3v) is 4.81. The molecule has 2 atom stereocenters. The summed E-state index contributed by atoms with van der Waals surface area (Å²) in [6.45, 7) is 5.24. The normalized spacial score (nSPS) is 22.9. The van der Waals surface area contributed by atoms with Gasteiger partial charge < -0.3 is 10.1 Å². The fourth-order valence-electron chi connectivity index (χ4n) is 3.61. The Morgan fingerprint density at radius 3 is 3.00 bits per heavy atom. The van der Waals surface area contributed by atoms with Crippen LogP contribution < -0.4 is 5.32 Å². The van der Waals surface area contributed by atoms with Crippen molar-refractivity contribution in [1.82, 2.24) is 5.32 Å². The second-order valence-corrected chi connectivity index (χ2v) is 6.35. The van der Waals surface area contributed by atoms with Crippen molar-refractivity contribution in [3.05, 3.63) is 34.9 Å². The maximum absolute atomic E-state index is 5.59. The van der Waals surface area contributed by atoms with Gasteiger partial charge in [-0.05, 0) is 61.8 Å². The molecule has 0 bridgehead atoms. The SMILES string of the molecule is CCCNC(Cc1ccc2c(c1)CCC2)C1CCOC1. The first-order valence-electron chi connectivity index (χ1n) is 8.28. The Morgan fingerprint density at radius 2 is 2.20 bits per heavy atom. The van der Waals surface area contributed by atoms with E-state index in [1.165, 1.54) is 37.7 Å². The van der Waals surface area contributed by atoms with Gasteiger partial charge in [0.05, 0.1) is 6.61 Å². The van der Waals surface area contributed by atoms with Crippen LogP contribution in [0.2, 0.25) is 0 Å². The zero-order chi connectivity index (χ0) is 13.8. The summed E-state index contributed by atoms with van der Waals surface area (Å²) in [5.41, 5.74) is 4.68. The molecule has 1 aromatic carbocycles. The maximum atomic E-state index is 5.59. The molecule has 2 heteroatoms. The summed E-state index contributed by atoms with van der Waals surface area (Å²) < 4.78 is 5.59. The van der Waals surface area contributed by atoms with E-state index in [2.05, 4.69) is 30.4 Å². The molecular weight excluding hydrogens is 246 g/mol. The van der Waals surface area contributed by atoms with E-state index in [-0.39, 0.29) is 0 Å². The summed E-state index contributed by atoms with van der Waals surface area (Å²) in [4.78, 5) is 0. The molecule has 20 heavy (non-hydrogen) atoms. The minimum Gasteiger partial charge on any atom is -0.381 e. The van der Waals surface area contributed by atoms with Crippen LogP contribution in [0.4, 0.5) is 0 Å². The summed E-state index contributed by atoms with van der Waals surface area (Å²) in [5, 5.41) is 3.75. The number of hydrogen-bond donors (Lipinski definition) is 1. The average molecular weight is 273 g/mol. The van der Waals surface area contributed by atoms with E-state index in [4.69, 9.17) is 4.74 Å². The number of nitrogens with one attached hydrogen (secondary N) is 1. The maximum Gasteiger partial charge on any atom is 0.0510 e. The van der Waals surface area contributed by atoms with Crippen LogP contribution in [-0.4, -0.2) is 25.8 Å². The first-order valence-corrected chi connectivity index (χ1v) is 8.28. The van der Waals surface area contributed by atoms with Gasteiger partial charge in [0.25, 0.3) is 0 Å². The molecule has 0 spiro atoms. The monoisotopic (exact) mass is 273 g/mol. The molecule has 0 amide bonds. The molecule has 0 aromatic heterocycles. The molecule has 110 valence electrons. The quantitative estimate of drug-likeness (QED) is 0.860. The topological polar surface area (TPSA) is 21.3 Å². The minimum atomic E-state index is 0.580. The Morgan fingerprint density at radius 1 is 1.30 bits per heavy atom. The summed E-state index contributed by atoms with van der Waals surface area (Å²) in [5.74, 6) is 0.690. The van der Waals surface area contributed by atoms with Crippen molar-refractivity contribution in [2.24, 2.45) is 5.92 Å². The highest BCUT2D eigenvalue weighted by Gasteiger charge is 2.25. The molecular formula is C18H27NO. The van der Waals surface area contributed by atoms with Crippen LogP contribution >= 0.6 is 0 Å². The van der Waals surface area contributed by atoms with Crippen LogP contribution in [0.1, 0.15) is 42.9 Å². The Bertz CT molecular complexity index is 437. The van der Waals surface area contributed by atoms with Crippen LogP contribution in [-0.2, 0) is 24.0 Å². The van der Waals surface area contributed by atoms with Crippen LogP contribution in [0, 0.1) is 5.92 Å². The molecule has 1 aliphatic carbocycles. The lowest BCUT2D eigenvalue weighted by atomic mass is 9.91. The summed E-state index contributed by atoms with van der Waals surface area (Å²) in [6.07, 6.45) is 7.47. The van der Waals surface area contributed by atoms with Crippen molar-refractivity contribution in [2.75, 3.05) is 19.8 Å². The first-order chi connectivity index (χ1) is 9.86. The predicted molar refractivity (Wildman–Crippen MR) is 83.2 cm³/mol. The largest absolute Gasteiger partial charge is 0.381 e. The third-order valence-electron chi connectivity index (χ3n) is 4.81. The smallest absolute Gasteiger partial charge is 0.0510 e. The van der Waals surface area contributed by atoms with Crippen LogP contribution in [0.15, 0.2) is 18.2 Å². The summed E-state index contributed by atoms with van der Waals surface area (Å²) >= 11 is 0. The van der Waals surface area contributed by atoms with Crippen molar-refractivity contribution in [2.45, 2.75) is 51.5 Å². The van der Waals surface area contributed by atoms with Crippen molar-refractivity contribution in [3.63, 3.8) is 0 Å². The van der Waals surface area contributed by atoms with Gasteiger partial charge in [0, 0.05) is 18.6 Å². The zero-order valence-corrected chi connectivity index (χ0v) is 12.7. The fraction of sp³-hybridized carbons (Fsp3) is 0.667. The summed E-state index contributed by atoms with van der Waals surface area (Å²) in [7, 11) is 0. The van der Waals surface area contributed by atoms with E-state index < -0.39 is 0 Å². The number of ether oxygens (including phenoxy) is 1. The molecule has 1 saturated heterocycles. The Labute approximate surface area is 122 Å². The van der Waals surface area contributed by atoms with E-state index in [1.807, 2.05) is 0 Å². The lowest BCUT2D eigenvalue weighted by Gasteiger charge is -2.24. The highest BCUT2D eigenvalue weighted by atomic mass is 16.5. The standard InChI is InChI=1S/C18H27NO/c1-2-9-19-18(17-8-10-20-13-17)12-14-6-7-15-4-3-5-16(15)11-14/h6-7,11,17-19H,2-5,8-10,12-13H2,1H3. The summed E-state index contributed by atoms with van der Waals surface area (Å²) in [6, 6.07) is 7.75. The Hall–Kier alpha value is -0.860. The molecule has 2 unspecified atom stereocenters. The molecule has 2 aliphatic rings. The molecule has 3 rings (SSSR count). The van der Waals surface area contributed by atoms with Gasteiger partial charge in [-0.15, -0.1) is 0 Å².